The number of carboxylic acid groups (broad SMARTS) is 1. The Labute approximate surface area is 184 Å². The molecular formula is C19H31N5O8. The van der Waals surface area contributed by atoms with Gasteiger partial charge in [-0.2, -0.15) is 0 Å². The summed E-state index contributed by atoms with van der Waals surface area (Å²) in [4.78, 5) is 63.9. The Hall–Kier alpha value is -2.93. The zero-order chi connectivity index (χ0) is 24.2. The smallest absolute Gasteiger partial charge is 0.405 e. The summed E-state index contributed by atoms with van der Waals surface area (Å²) in [6, 6.07) is -4.54. The predicted molar refractivity (Wildman–Crippen MR) is 109 cm³/mol. The van der Waals surface area contributed by atoms with Crippen molar-refractivity contribution in [1.82, 2.24) is 20.4 Å². The summed E-state index contributed by atoms with van der Waals surface area (Å²) in [5, 5.41) is 32.8. The minimum absolute atomic E-state index is 0.205. The van der Waals surface area contributed by atoms with E-state index in [1.807, 2.05) is 5.32 Å². The van der Waals surface area contributed by atoms with Crippen LogP contribution in [-0.2, 0) is 19.2 Å². The number of carbonyl (C=O) groups excluding carboxylic acids is 4. The van der Waals surface area contributed by atoms with Crippen LogP contribution >= 0.6 is 0 Å². The first-order chi connectivity index (χ1) is 15.0. The van der Waals surface area contributed by atoms with Crippen LogP contribution in [-0.4, -0.2) is 104 Å². The SMILES string of the molecule is C[C@@H](O)[C@H](NC(=O)[C@H]1CCCN1C(=O)[C@H]1CCCN1C(=O)[C@@H](NC(=O)O)[C@@H](C)O)C(N)=O. The van der Waals surface area contributed by atoms with E-state index in [0.717, 1.165) is 0 Å². The first kappa shape index (κ1) is 25.3. The Kier molecular flexibility index (Phi) is 8.38. The second kappa shape index (κ2) is 10.6. The molecule has 2 aliphatic heterocycles. The molecule has 13 heteroatoms. The fourth-order valence-corrected chi connectivity index (χ4v) is 4.16. The van der Waals surface area contributed by atoms with E-state index in [1.54, 1.807) is 0 Å². The fourth-order valence-electron chi connectivity index (χ4n) is 4.16. The van der Waals surface area contributed by atoms with Gasteiger partial charge in [0.2, 0.25) is 23.6 Å². The monoisotopic (exact) mass is 457 g/mol. The predicted octanol–water partition coefficient (Wildman–Crippen LogP) is -2.66. The van der Waals surface area contributed by atoms with Crippen LogP contribution in [0.15, 0.2) is 0 Å². The van der Waals surface area contributed by atoms with Gasteiger partial charge in [0.25, 0.3) is 0 Å². The minimum atomic E-state index is -1.48. The molecule has 2 aliphatic rings. The molecule has 0 radical (unpaired) electrons. The molecule has 0 aromatic heterocycles. The van der Waals surface area contributed by atoms with Gasteiger partial charge in [0.1, 0.15) is 24.2 Å². The van der Waals surface area contributed by atoms with Crippen molar-refractivity contribution in [1.29, 1.82) is 0 Å². The van der Waals surface area contributed by atoms with Crippen LogP contribution in [0.1, 0.15) is 39.5 Å². The van der Waals surface area contributed by atoms with E-state index in [2.05, 4.69) is 5.32 Å². The van der Waals surface area contributed by atoms with Gasteiger partial charge in [0.05, 0.1) is 12.2 Å². The topological polar surface area (TPSA) is 203 Å². The summed E-state index contributed by atoms with van der Waals surface area (Å²) < 4.78 is 0. The van der Waals surface area contributed by atoms with Crippen LogP contribution in [0.2, 0.25) is 0 Å². The molecule has 32 heavy (non-hydrogen) atoms. The number of carbonyl (C=O) groups is 5. The highest BCUT2D eigenvalue weighted by molar-refractivity contribution is 5.96. The van der Waals surface area contributed by atoms with E-state index in [4.69, 9.17) is 10.8 Å². The van der Waals surface area contributed by atoms with Crippen molar-refractivity contribution in [3.63, 3.8) is 0 Å². The zero-order valence-corrected chi connectivity index (χ0v) is 18.1. The van der Waals surface area contributed by atoms with Gasteiger partial charge in [-0.3, -0.25) is 19.2 Å². The number of primary amides is 1. The number of nitrogens with two attached hydrogens (primary N) is 1. The van der Waals surface area contributed by atoms with Crippen LogP contribution in [0.5, 0.6) is 0 Å². The molecule has 0 saturated carbocycles. The number of nitrogens with zero attached hydrogens (tertiary/aromatic N) is 2. The average molecular weight is 457 g/mol. The second-order valence-corrected chi connectivity index (χ2v) is 8.18. The van der Waals surface area contributed by atoms with Crippen LogP contribution < -0.4 is 16.4 Å². The quantitative estimate of drug-likeness (QED) is 0.226. The van der Waals surface area contributed by atoms with Gasteiger partial charge in [-0.05, 0) is 39.5 Å². The Balaban J connectivity index is 2.15. The van der Waals surface area contributed by atoms with Gasteiger partial charge in [-0.25, -0.2) is 4.79 Å². The van der Waals surface area contributed by atoms with Gasteiger partial charge in [0, 0.05) is 13.1 Å². The third kappa shape index (κ3) is 5.65. The van der Waals surface area contributed by atoms with Crippen LogP contribution in [0, 0.1) is 0 Å². The molecule has 6 atom stereocenters. The molecule has 2 heterocycles. The summed E-state index contributed by atoms with van der Waals surface area (Å²) >= 11 is 0. The Morgan fingerprint density at radius 3 is 1.91 bits per heavy atom. The molecular weight excluding hydrogens is 426 g/mol. The number of aliphatic hydroxyl groups is 2. The molecule has 5 amide bonds. The van der Waals surface area contributed by atoms with Gasteiger partial charge in [0.15, 0.2) is 0 Å². The number of aliphatic hydroxyl groups excluding tert-OH is 2. The highest BCUT2D eigenvalue weighted by Gasteiger charge is 2.44. The minimum Gasteiger partial charge on any atom is -0.465 e. The molecule has 0 aliphatic carbocycles. The number of rotatable bonds is 8. The average Bonchev–Trinajstić information content (AvgIpc) is 3.37. The van der Waals surface area contributed by atoms with Crippen molar-refractivity contribution in [3.05, 3.63) is 0 Å². The van der Waals surface area contributed by atoms with Gasteiger partial charge in [-0.15, -0.1) is 0 Å². The molecule has 0 bridgehead atoms. The van der Waals surface area contributed by atoms with Gasteiger partial charge >= 0.3 is 6.09 Å². The van der Waals surface area contributed by atoms with E-state index >= 15 is 0 Å². The van der Waals surface area contributed by atoms with E-state index in [9.17, 15) is 34.2 Å². The Bertz CT molecular complexity index is 758. The molecule has 0 unspecified atom stereocenters. The lowest BCUT2D eigenvalue weighted by Crippen LogP contribution is -2.59. The molecule has 7 N–H and O–H groups in total. The molecule has 2 saturated heterocycles. The van der Waals surface area contributed by atoms with Crippen molar-refractivity contribution in [3.8, 4) is 0 Å². The Morgan fingerprint density at radius 2 is 1.41 bits per heavy atom. The maximum atomic E-state index is 13.3. The molecule has 0 aromatic rings. The van der Waals surface area contributed by atoms with Crippen molar-refractivity contribution in [2.45, 2.75) is 75.9 Å². The summed E-state index contributed by atoms with van der Waals surface area (Å²) in [5.41, 5.74) is 5.21. The molecule has 13 nitrogen and oxygen atoms in total. The molecule has 180 valence electrons. The maximum Gasteiger partial charge on any atom is 0.405 e. The molecule has 0 spiro atoms. The lowest BCUT2D eigenvalue weighted by Gasteiger charge is -2.33. The first-order valence-electron chi connectivity index (χ1n) is 10.5. The first-order valence-corrected chi connectivity index (χ1v) is 10.5. The molecule has 0 aromatic carbocycles. The Morgan fingerprint density at radius 1 is 0.875 bits per heavy atom. The zero-order valence-electron chi connectivity index (χ0n) is 18.1. The van der Waals surface area contributed by atoms with E-state index in [1.165, 1.54) is 23.6 Å². The summed E-state index contributed by atoms with van der Waals surface area (Å²) in [7, 11) is 0. The number of likely N-dealkylation sites (tertiary alicyclic amines) is 2. The number of hydrogen-bond acceptors (Lipinski definition) is 7. The van der Waals surface area contributed by atoms with Crippen molar-refractivity contribution in [2.75, 3.05) is 13.1 Å². The van der Waals surface area contributed by atoms with Crippen molar-refractivity contribution < 1.29 is 39.3 Å². The van der Waals surface area contributed by atoms with Crippen molar-refractivity contribution >= 4 is 29.7 Å². The normalized spacial score (nSPS) is 24.4. The summed E-state index contributed by atoms with van der Waals surface area (Å²) in [6.45, 7) is 3.04. The van der Waals surface area contributed by atoms with Crippen LogP contribution in [0.3, 0.4) is 0 Å². The maximum absolute atomic E-state index is 13.3. The van der Waals surface area contributed by atoms with Crippen molar-refractivity contribution in [2.24, 2.45) is 5.73 Å². The number of amides is 5. The van der Waals surface area contributed by atoms with Gasteiger partial charge in [-0.1, -0.05) is 0 Å². The number of hydrogen-bond donors (Lipinski definition) is 6. The van der Waals surface area contributed by atoms with E-state index in [-0.39, 0.29) is 13.1 Å². The van der Waals surface area contributed by atoms with Gasteiger partial charge < -0.3 is 41.5 Å². The molecule has 2 fully saturated rings. The summed E-state index contributed by atoms with van der Waals surface area (Å²) in [6.07, 6.45) is -2.33. The lowest BCUT2D eigenvalue weighted by atomic mass is 10.1. The van der Waals surface area contributed by atoms with E-state index < -0.39 is 66.1 Å². The largest absolute Gasteiger partial charge is 0.465 e. The third-order valence-electron chi connectivity index (χ3n) is 5.77. The second-order valence-electron chi connectivity index (χ2n) is 8.18. The highest BCUT2D eigenvalue weighted by Crippen LogP contribution is 2.26. The fraction of sp³-hybridized carbons (Fsp3) is 0.737. The summed E-state index contributed by atoms with van der Waals surface area (Å²) in [5.74, 6) is -2.74. The highest BCUT2D eigenvalue weighted by atomic mass is 16.4. The van der Waals surface area contributed by atoms with Crippen LogP contribution in [0.4, 0.5) is 4.79 Å². The molecule has 2 rings (SSSR count). The lowest BCUT2D eigenvalue weighted by molar-refractivity contribution is -0.148. The van der Waals surface area contributed by atoms with E-state index in [0.29, 0.717) is 25.7 Å². The van der Waals surface area contributed by atoms with Crippen LogP contribution in [0.25, 0.3) is 0 Å². The third-order valence-corrected chi connectivity index (χ3v) is 5.77. The number of nitrogens with one attached hydrogen (secondary N) is 2. The standard InChI is InChI=1S/C19H31N5O8/c1-9(25)13(15(20)27)21-16(28)11-5-3-7-23(11)17(29)12-6-4-8-24(12)18(30)14(10(2)26)22-19(31)32/h9-14,22,25-26H,3-8H2,1-2H3,(H2,20,27)(H,21,28)(H,31,32)/t9-,10-,11-,12-,13+,14+/m1/s1.